The Balaban J connectivity index is 2.78. The second kappa shape index (κ2) is 6.66. The summed E-state index contributed by atoms with van der Waals surface area (Å²) >= 11 is 7.29. The monoisotopic (exact) mass is 316 g/mol. The summed E-state index contributed by atoms with van der Waals surface area (Å²) in [6, 6.07) is 11.1. The standard InChI is InChI=1S/C16H13ClN2OS/c1-3-8-19-14(11-4-6-12(17)7-5-11)9-15(21-2)13(10-18)16(19)20/h3-7,9H,1,8H2,2H3. The van der Waals surface area contributed by atoms with Crippen LogP contribution in [0.25, 0.3) is 11.3 Å². The molecule has 0 N–H and O–H groups in total. The van der Waals surface area contributed by atoms with Crippen molar-refractivity contribution in [3.63, 3.8) is 0 Å². The minimum absolute atomic E-state index is 0.169. The summed E-state index contributed by atoms with van der Waals surface area (Å²) in [6.07, 6.45) is 3.49. The number of hydrogen-bond donors (Lipinski definition) is 0. The Hall–Kier alpha value is -1.96. The number of allylic oxidation sites excluding steroid dienone is 1. The van der Waals surface area contributed by atoms with Crippen LogP contribution in [0, 0.1) is 11.3 Å². The molecular weight excluding hydrogens is 304 g/mol. The third kappa shape index (κ3) is 3.05. The van der Waals surface area contributed by atoms with Gasteiger partial charge in [0.05, 0.1) is 5.69 Å². The summed E-state index contributed by atoms with van der Waals surface area (Å²) in [5.74, 6) is 0. The fourth-order valence-electron chi connectivity index (χ4n) is 2.06. The average Bonchev–Trinajstić information content (AvgIpc) is 2.50. The first-order valence-electron chi connectivity index (χ1n) is 6.21. The fourth-order valence-corrected chi connectivity index (χ4v) is 2.75. The van der Waals surface area contributed by atoms with Crippen LogP contribution in [0.5, 0.6) is 0 Å². The van der Waals surface area contributed by atoms with E-state index in [4.69, 9.17) is 11.6 Å². The number of nitrogens with zero attached hydrogens (tertiary/aromatic N) is 2. The normalized spacial score (nSPS) is 10.1. The minimum Gasteiger partial charge on any atom is -0.303 e. The third-order valence-electron chi connectivity index (χ3n) is 3.05. The van der Waals surface area contributed by atoms with E-state index in [1.54, 1.807) is 22.8 Å². The van der Waals surface area contributed by atoms with Crippen molar-refractivity contribution in [2.45, 2.75) is 11.4 Å². The molecule has 2 rings (SSSR count). The van der Waals surface area contributed by atoms with Crippen molar-refractivity contribution in [2.75, 3.05) is 6.26 Å². The van der Waals surface area contributed by atoms with Crippen molar-refractivity contribution < 1.29 is 0 Å². The predicted molar refractivity (Wildman–Crippen MR) is 87.8 cm³/mol. The first-order chi connectivity index (χ1) is 10.1. The van der Waals surface area contributed by atoms with Crippen LogP contribution in [0.3, 0.4) is 0 Å². The van der Waals surface area contributed by atoms with Crippen LogP contribution in [0.15, 0.2) is 52.7 Å². The van der Waals surface area contributed by atoms with Crippen LogP contribution in [-0.2, 0) is 6.54 Å². The summed E-state index contributed by atoms with van der Waals surface area (Å²) in [5.41, 5.74) is 1.49. The van der Waals surface area contributed by atoms with Gasteiger partial charge < -0.3 is 4.57 Å². The van der Waals surface area contributed by atoms with E-state index in [0.717, 1.165) is 11.3 Å². The molecular formula is C16H13ClN2OS. The zero-order chi connectivity index (χ0) is 15.4. The highest BCUT2D eigenvalue weighted by Gasteiger charge is 2.14. The van der Waals surface area contributed by atoms with Crippen molar-refractivity contribution in [3.8, 4) is 17.3 Å². The van der Waals surface area contributed by atoms with E-state index in [1.165, 1.54) is 11.8 Å². The molecule has 0 saturated carbocycles. The number of aromatic nitrogens is 1. The third-order valence-corrected chi connectivity index (χ3v) is 4.06. The zero-order valence-electron chi connectivity index (χ0n) is 11.5. The van der Waals surface area contributed by atoms with E-state index in [9.17, 15) is 10.1 Å². The smallest absolute Gasteiger partial charge is 0.270 e. The Morgan fingerprint density at radius 3 is 2.62 bits per heavy atom. The summed E-state index contributed by atoms with van der Waals surface area (Å²) in [6.45, 7) is 4.02. The second-order valence-electron chi connectivity index (χ2n) is 4.30. The molecule has 0 bridgehead atoms. The largest absolute Gasteiger partial charge is 0.303 e. The van der Waals surface area contributed by atoms with Crippen LogP contribution in [-0.4, -0.2) is 10.8 Å². The van der Waals surface area contributed by atoms with Gasteiger partial charge in [0, 0.05) is 16.5 Å². The topological polar surface area (TPSA) is 45.8 Å². The van der Waals surface area contributed by atoms with E-state index in [1.807, 2.05) is 30.5 Å². The summed E-state index contributed by atoms with van der Waals surface area (Å²) in [5, 5.41) is 9.84. The average molecular weight is 317 g/mol. The maximum absolute atomic E-state index is 12.5. The fraction of sp³-hybridized carbons (Fsp3) is 0.125. The Labute approximate surface area is 132 Å². The molecule has 3 nitrogen and oxygen atoms in total. The molecule has 0 saturated heterocycles. The molecule has 0 unspecified atom stereocenters. The number of hydrogen-bond acceptors (Lipinski definition) is 3. The molecule has 5 heteroatoms. The molecule has 0 fully saturated rings. The Morgan fingerprint density at radius 1 is 1.43 bits per heavy atom. The quantitative estimate of drug-likeness (QED) is 0.634. The molecule has 0 spiro atoms. The van der Waals surface area contributed by atoms with E-state index in [-0.39, 0.29) is 11.1 Å². The molecule has 21 heavy (non-hydrogen) atoms. The van der Waals surface area contributed by atoms with E-state index in [2.05, 4.69) is 6.58 Å². The first kappa shape index (κ1) is 15.4. The van der Waals surface area contributed by atoms with Gasteiger partial charge in [0.1, 0.15) is 11.6 Å². The van der Waals surface area contributed by atoms with Gasteiger partial charge in [-0.25, -0.2) is 0 Å². The lowest BCUT2D eigenvalue weighted by atomic mass is 10.1. The molecule has 1 aromatic heterocycles. The second-order valence-corrected chi connectivity index (χ2v) is 5.58. The number of benzene rings is 1. The molecule has 0 atom stereocenters. The van der Waals surface area contributed by atoms with Gasteiger partial charge in [-0.05, 0) is 30.0 Å². The van der Waals surface area contributed by atoms with Crippen LogP contribution in [0.1, 0.15) is 5.56 Å². The Morgan fingerprint density at radius 2 is 2.10 bits per heavy atom. The first-order valence-corrected chi connectivity index (χ1v) is 7.81. The molecule has 0 aliphatic heterocycles. The number of halogens is 1. The maximum atomic E-state index is 12.5. The predicted octanol–water partition coefficient (Wildman–Crippen LogP) is 3.95. The van der Waals surface area contributed by atoms with Crippen LogP contribution < -0.4 is 5.56 Å². The molecule has 0 radical (unpaired) electrons. The molecule has 2 aromatic rings. The lowest BCUT2D eigenvalue weighted by Crippen LogP contribution is -2.24. The highest BCUT2D eigenvalue weighted by Crippen LogP contribution is 2.26. The molecule has 0 amide bonds. The zero-order valence-corrected chi connectivity index (χ0v) is 13.0. The Kier molecular flexibility index (Phi) is 4.89. The Bertz CT molecular complexity index is 773. The number of thioether (sulfide) groups is 1. The van der Waals surface area contributed by atoms with E-state index >= 15 is 0 Å². The minimum atomic E-state index is -0.297. The van der Waals surface area contributed by atoms with Crippen molar-refractivity contribution >= 4 is 23.4 Å². The van der Waals surface area contributed by atoms with Crippen LogP contribution in [0.2, 0.25) is 5.02 Å². The SMILES string of the molecule is C=CCn1c(-c2ccc(Cl)cc2)cc(SC)c(C#N)c1=O. The summed E-state index contributed by atoms with van der Waals surface area (Å²) in [4.78, 5) is 13.2. The molecule has 0 aliphatic rings. The maximum Gasteiger partial charge on any atom is 0.270 e. The van der Waals surface area contributed by atoms with Gasteiger partial charge in [0.25, 0.3) is 5.56 Å². The highest BCUT2D eigenvalue weighted by atomic mass is 35.5. The molecule has 1 heterocycles. The number of nitriles is 1. The lowest BCUT2D eigenvalue weighted by molar-refractivity contribution is 0.779. The lowest BCUT2D eigenvalue weighted by Gasteiger charge is -2.14. The highest BCUT2D eigenvalue weighted by molar-refractivity contribution is 7.98. The van der Waals surface area contributed by atoms with Gasteiger partial charge >= 0.3 is 0 Å². The van der Waals surface area contributed by atoms with Crippen molar-refractivity contribution in [2.24, 2.45) is 0 Å². The van der Waals surface area contributed by atoms with Gasteiger partial charge in [-0.3, -0.25) is 4.79 Å². The molecule has 1 aromatic carbocycles. The van der Waals surface area contributed by atoms with Crippen molar-refractivity contribution in [1.29, 1.82) is 5.26 Å². The number of rotatable bonds is 4. The van der Waals surface area contributed by atoms with Gasteiger partial charge in [-0.1, -0.05) is 29.8 Å². The number of pyridine rings is 1. The van der Waals surface area contributed by atoms with Crippen LogP contribution >= 0.6 is 23.4 Å². The molecule has 106 valence electrons. The van der Waals surface area contributed by atoms with E-state index < -0.39 is 0 Å². The van der Waals surface area contributed by atoms with E-state index in [0.29, 0.717) is 16.5 Å². The van der Waals surface area contributed by atoms with Crippen molar-refractivity contribution in [3.05, 3.63) is 63.9 Å². The summed E-state index contributed by atoms with van der Waals surface area (Å²) in [7, 11) is 0. The van der Waals surface area contributed by atoms with Crippen LogP contribution in [0.4, 0.5) is 0 Å². The van der Waals surface area contributed by atoms with Gasteiger partial charge in [0.2, 0.25) is 0 Å². The van der Waals surface area contributed by atoms with Crippen molar-refractivity contribution in [1.82, 2.24) is 4.57 Å². The molecule has 0 aliphatic carbocycles. The summed E-state index contributed by atoms with van der Waals surface area (Å²) < 4.78 is 1.55. The van der Waals surface area contributed by atoms with Gasteiger partial charge in [-0.15, -0.1) is 18.3 Å². The van der Waals surface area contributed by atoms with Gasteiger partial charge in [0.15, 0.2) is 0 Å². The van der Waals surface area contributed by atoms with Gasteiger partial charge in [-0.2, -0.15) is 5.26 Å².